The monoisotopic (exact) mass is 424 g/mol. The highest BCUT2D eigenvalue weighted by molar-refractivity contribution is 4.92. The van der Waals surface area contributed by atoms with Gasteiger partial charge in [-0.05, 0) is 55.3 Å². The molecular formula is C28H56O2. The molecule has 0 heterocycles. The van der Waals surface area contributed by atoms with E-state index in [-0.39, 0.29) is 11.0 Å². The first-order valence-corrected chi connectivity index (χ1v) is 12.9. The zero-order chi connectivity index (χ0) is 23.2. The van der Waals surface area contributed by atoms with Crippen molar-refractivity contribution in [1.29, 1.82) is 0 Å². The molecule has 2 nitrogen and oxygen atoms in total. The maximum Gasteiger partial charge on any atom is 0.0739 e. The highest BCUT2D eigenvalue weighted by atomic mass is 16.5. The summed E-state index contributed by atoms with van der Waals surface area (Å²) >= 11 is 0. The van der Waals surface area contributed by atoms with E-state index < -0.39 is 0 Å². The maximum absolute atomic E-state index is 6.78. The van der Waals surface area contributed by atoms with E-state index in [2.05, 4.69) is 62.0 Å². The quantitative estimate of drug-likeness (QED) is 0.193. The third kappa shape index (κ3) is 10.3. The van der Waals surface area contributed by atoms with Crippen LogP contribution in [0, 0.1) is 29.1 Å². The van der Waals surface area contributed by atoms with Crippen molar-refractivity contribution in [1.82, 2.24) is 0 Å². The second kappa shape index (κ2) is 15.5. The minimum Gasteiger partial charge on any atom is -0.384 e. The predicted molar refractivity (Wildman–Crippen MR) is 134 cm³/mol. The van der Waals surface area contributed by atoms with Crippen molar-refractivity contribution in [2.75, 3.05) is 20.3 Å². The van der Waals surface area contributed by atoms with E-state index in [4.69, 9.17) is 9.47 Å². The Morgan fingerprint density at radius 1 is 1.00 bits per heavy atom. The summed E-state index contributed by atoms with van der Waals surface area (Å²) < 4.78 is 12.4. The van der Waals surface area contributed by atoms with E-state index in [1.807, 2.05) is 13.2 Å². The van der Waals surface area contributed by atoms with Crippen LogP contribution in [0.4, 0.5) is 0 Å². The summed E-state index contributed by atoms with van der Waals surface area (Å²) in [5.74, 6) is 2.62. The standard InChI is InChI=1S/C28H56O2/c1-11-16-24(7)28(14-4,18-12-2)30-22-26(21-29-10)27(8,9)19-15-17-25(13-3)20-23(5)6/h12,23-26H,2,11,13-22H2,1,3-10H3. The molecule has 0 saturated carbocycles. The van der Waals surface area contributed by atoms with Gasteiger partial charge in [-0.1, -0.05) is 87.1 Å². The van der Waals surface area contributed by atoms with Crippen LogP contribution in [0.3, 0.4) is 0 Å². The van der Waals surface area contributed by atoms with E-state index >= 15 is 0 Å². The summed E-state index contributed by atoms with van der Waals surface area (Å²) in [6.07, 6.45) is 13.0. The Morgan fingerprint density at radius 2 is 1.67 bits per heavy atom. The Kier molecular flexibility index (Phi) is 15.3. The van der Waals surface area contributed by atoms with Gasteiger partial charge >= 0.3 is 0 Å². The van der Waals surface area contributed by atoms with E-state index in [9.17, 15) is 0 Å². The van der Waals surface area contributed by atoms with Gasteiger partial charge in [-0.3, -0.25) is 0 Å². The lowest BCUT2D eigenvalue weighted by atomic mass is 9.74. The SMILES string of the molecule is C=CCC(CC)(OCC(COC)C(C)(C)CCCC(CC)CC(C)C)C(C)CCC. The van der Waals surface area contributed by atoms with Crippen molar-refractivity contribution in [2.45, 2.75) is 119 Å². The Labute approximate surface area is 190 Å². The van der Waals surface area contributed by atoms with Crippen molar-refractivity contribution in [2.24, 2.45) is 29.1 Å². The van der Waals surface area contributed by atoms with Crippen molar-refractivity contribution >= 4 is 0 Å². The lowest BCUT2D eigenvalue weighted by molar-refractivity contribution is -0.119. The molecule has 0 aromatic rings. The van der Waals surface area contributed by atoms with Crippen molar-refractivity contribution < 1.29 is 9.47 Å². The van der Waals surface area contributed by atoms with Gasteiger partial charge in [0, 0.05) is 13.0 Å². The van der Waals surface area contributed by atoms with Gasteiger partial charge in [-0.2, -0.15) is 0 Å². The molecule has 0 aromatic carbocycles. The lowest BCUT2D eigenvalue weighted by Crippen LogP contribution is -2.42. The van der Waals surface area contributed by atoms with Crippen LogP contribution in [0.25, 0.3) is 0 Å². The summed E-state index contributed by atoms with van der Waals surface area (Å²) in [7, 11) is 1.83. The van der Waals surface area contributed by atoms with Gasteiger partial charge in [0.15, 0.2) is 0 Å². The van der Waals surface area contributed by atoms with Gasteiger partial charge in [0.05, 0.1) is 18.8 Å². The van der Waals surface area contributed by atoms with Gasteiger partial charge in [0.1, 0.15) is 0 Å². The van der Waals surface area contributed by atoms with E-state index in [1.54, 1.807) is 0 Å². The minimum atomic E-state index is -0.0929. The molecule has 0 aliphatic heterocycles. The van der Waals surface area contributed by atoms with Crippen molar-refractivity contribution in [3.05, 3.63) is 12.7 Å². The van der Waals surface area contributed by atoms with Crippen molar-refractivity contribution in [3.63, 3.8) is 0 Å². The predicted octanol–water partition coefficient (Wildman–Crippen LogP) is 8.70. The molecule has 0 radical (unpaired) electrons. The van der Waals surface area contributed by atoms with Crippen LogP contribution < -0.4 is 0 Å². The Balaban J connectivity index is 5.10. The molecule has 0 fully saturated rings. The van der Waals surface area contributed by atoms with Gasteiger partial charge in [-0.25, -0.2) is 0 Å². The molecule has 0 bridgehead atoms. The first kappa shape index (κ1) is 29.7. The molecular weight excluding hydrogens is 368 g/mol. The molecule has 0 aromatic heterocycles. The molecule has 4 atom stereocenters. The van der Waals surface area contributed by atoms with Crippen LogP contribution in [-0.2, 0) is 9.47 Å². The summed E-state index contributed by atoms with van der Waals surface area (Å²) in [6, 6.07) is 0. The molecule has 0 rings (SSSR count). The van der Waals surface area contributed by atoms with Crippen LogP contribution in [0.1, 0.15) is 113 Å². The first-order chi connectivity index (χ1) is 14.1. The molecule has 4 unspecified atom stereocenters. The molecule has 0 saturated heterocycles. The third-order valence-electron chi connectivity index (χ3n) is 7.57. The third-order valence-corrected chi connectivity index (χ3v) is 7.57. The summed E-state index contributed by atoms with van der Waals surface area (Å²) in [4.78, 5) is 0. The fourth-order valence-electron chi connectivity index (χ4n) is 5.11. The summed E-state index contributed by atoms with van der Waals surface area (Å²) in [5, 5.41) is 0. The molecule has 0 aliphatic carbocycles. The molecule has 30 heavy (non-hydrogen) atoms. The minimum absolute atomic E-state index is 0.0929. The maximum atomic E-state index is 6.78. The number of hydrogen-bond donors (Lipinski definition) is 0. The first-order valence-electron chi connectivity index (χ1n) is 12.9. The van der Waals surface area contributed by atoms with E-state index in [1.165, 1.54) is 44.9 Å². The zero-order valence-corrected chi connectivity index (χ0v) is 22.2. The average Bonchev–Trinajstić information content (AvgIpc) is 2.68. The highest BCUT2D eigenvalue weighted by Crippen LogP contribution is 2.38. The van der Waals surface area contributed by atoms with Gasteiger partial charge in [-0.15, -0.1) is 6.58 Å². The number of hydrogen-bond acceptors (Lipinski definition) is 2. The average molecular weight is 425 g/mol. The number of rotatable bonds is 19. The fraction of sp³-hybridized carbons (Fsp3) is 0.929. The summed E-state index contributed by atoms with van der Waals surface area (Å²) in [5.41, 5.74) is 0.123. The second-order valence-electron chi connectivity index (χ2n) is 10.8. The lowest BCUT2D eigenvalue weighted by Gasteiger charge is -2.42. The Morgan fingerprint density at radius 3 is 2.13 bits per heavy atom. The Bertz CT molecular complexity index is 428. The van der Waals surface area contributed by atoms with Crippen LogP contribution in [0.5, 0.6) is 0 Å². The normalized spacial score (nSPS) is 17.5. The molecule has 2 heteroatoms. The fourth-order valence-corrected chi connectivity index (χ4v) is 5.11. The number of methoxy groups -OCH3 is 1. The van der Waals surface area contributed by atoms with Crippen LogP contribution in [-0.4, -0.2) is 25.9 Å². The molecule has 0 amide bonds. The smallest absolute Gasteiger partial charge is 0.0739 e. The van der Waals surface area contributed by atoms with Gasteiger partial charge in [0.25, 0.3) is 0 Å². The molecule has 0 spiro atoms. The topological polar surface area (TPSA) is 18.5 Å². The van der Waals surface area contributed by atoms with E-state index in [0.29, 0.717) is 11.8 Å². The zero-order valence-electron chi connectivity index (χ0n) is 22.2. The van der Waals surface area contributed by atoms with Crippen molar-refractivity contribution in [3.8, 4) is 0 Å². The van der Waals surface area contributed by atoms with Crippen LogP contribution in [0.2, 0.25) is 0 Å². The van der Waals surface area contributed by atoms with Crippen LogP contribution >= 0.6 is 0 Å². The summed E-state index contributed by atoms with van der Waals surface area (Å²) in [6.45, 7) is 24.3. The number of ether oxygens (including phenoxy) is 2. The largest absolute Gasteiger partial charge is 0.384 e. The molecule has 0 N–H and O–H groups in total. The highest BCUT2D eigenvalue weighted by Gasteiger charge is 2.37. The van der Waals surface area contributed by atoms with Gasteiger partial charge < -0.3 is 9.47 Å². The Hall–Kier alpha value is -0.340. The van der Waals surface area contributed by atoms with Gasteiger partial charge in [0.2, 0.25) is 0 Å². The van der Waals surface area contributed by atoms with E-state index in [0.717, 1.165) is 37.9 Å². The molecule has 180 valence electrons. The molecule has 0 aliphatic rings. The van der Waals surface area contributed by atoms with Crippen LogP contribution in [0.15, 0.2) is 12.7 Å². The second-order valence-corrected chi connectivity index (χ2v) is 10.8.